The Morgan fingerprint density at radius 1 is 1.26 bits per heavy atom. The number of fused-ring (bicyclic) bond motifs is 1. The molecule has 2 unspecified atom stereocenters. The highest BCUT2D eigenvalue weighted by Gasteiger charge is 2.28. The van der Waals surface area contributed by atoms with E-state index in [1.807, 2.05) is 6.33 Å². The van der Waals surface area contributed by atoms with Crippen LogP contribution in [0.2, 0.25) is 0 Å². The normalized spacial score (nSPS) is 23.3. The molecule has 1 N–H and O–H groups in total. The number of likely N-dealkylation sites (N-methyl/N-ethyl adjacent to an activating group) is 1. The van der Waals surface area contributed by atoms with E-state index in [1.54, 1.807) is 0 Å². The Labute approximate surface area is 115 Å². The lowest BCUT2D eigenvalue weighted by Crippen LogP contribution is -2.33. The third-order valence-electron chi connectivity index (χ3n) is 4.49. The van der Waals surface area contributed by atoms with Crippen molar-refractivity contribution >= 4 is 11.0 Å². The van der Waals surface area contributed by atoms with E-state index in [4.69, 9.17) is 0 Å². The summed E-state index contributed by atoms with van der Waals surface area (Å²) in [5.74, 6) is 0. The predicted octanol–water partition coefficient (Wildman–Crippen LogP) is 3.36. The van der Waals surface area contributed by atoms with Crippen LogP contribution in [0.15, 0.2) is 18.5 Å². The number of benzene rings is 1. The SMILES string of the molecule is CCNC1CCCC1n1cnc2cc(C)c(C)cc21. The molecular formula is C16H23N3. The summed E-state index contributed by atoms with van der Waals surface area (Å²) in [6.45, 7) is 7.58. The Kier molecular flexibility index (Phi) is 3.31. The van der Waals surface area contributed by atoms with Gasteiger partial charge >= 0.3 is 0 Å². The predicted molar refractivity (Wildman–Crippen MR) is 79.6 cm³/mol. The van der Waals surface area contributed by atoms with Crippen LogP contribution in [0.3, 0.4) is 0 Å². The van der Waals surface area contributed by atoms with Crippen molar-refractivity contribution in [1.82, 2.24) is 14.9 Å². The van der Waals surface area contributed by atoms with E-state index in [1.165, 1.54) is 35.9 Å². The molecule has 3 rings (SSSR count). The zero-order valence-corrected chi connectivity index (χ0v) is 12.1. The molecule has 1 aliphatic rings. The minimum Gasteiger partial charge on any atom is -0.326 e. The molecule has 0 radical (unpaired) electrons. The second-order valence-electron chi connectivity index (χ2n) is 5.74. The van der Waals surface area contributed by atoms with Crippen LogP contribution in [0.1, 0.15) is 43.4 Å². The third-order valence-corrected chi connectivity index (χ3v) is 4.49. The highest BCUT2D eigenvalue weighted by Crippen LogP contribution is 2.33. The average Bonchev–Trinajstić information content (AvgIpc) is 2.97. The van der Waals surface area contributed by atoms with Gasteiger partial charge in [0.1, 0.15) is 0 Å². The van der Waals surface area contributed by atoms with Crippen molar-refractivity contribution in [2.24, 2.45) is 0 Å². The van der Waals surface area contributed by atoms with E-state index in [2.05, 4.69) is 47.8 Å². The van der Waals surface area contributed by atoms with Crippen molar-refractivity contribution in [3.8, 4) is 0 Å². The van der Waals surface area contributed by atoms with Crippen LogP contribution < -0.4 is 5.32 Å². The fourth-order valence-corrected chi connectivity index (χ4v) is 3.32. The molecule has 2 aromatic rings. The Hall–Kier alpha value is -1.35. The number of nitrogens with zero attached hydrogens (tertiary/aromatic N) is 2. The van der Waals surface area contributed by atoms with Crippen molar-refractivity contribution < 1.29 is 0 Å². The lowest BCUT2D eigenvalue weighted by molar-refractivity contribution is 0.406. The van der Waals surface area contributed by atoms with Crippen molar-refractivity contribution in [3.05, 3.63) is 29.6 Å². The van der Waals surface area contributed by atoms with Gasteiger partial charge in [0.15, 0.2) is 0 Å². The fourth-order valence-electron chi connectivity index (χ4n) is 3.32. The highest BCUT2D eigenvalue weighted by atomic mass is 15.1. The Balaban J connectivity index is 2.03. The molecule has 3 heteroatoms. The van der Waals surface area contributed by atoms with Crippen molar-refractivity contribution in [2.75, 3.05) is 6.54 Å². The van der Waals surface area contributed by atoms with Crippen molar-refractivity contribution in [3.63, 3.8) is 0 Å². The highest BCUT2D eigenvalue weighted by molar-refractivity contribution is 5.77. The molecule has 0 bridgehead atoms. The standard InChI is InChI=1S/C16H23N3/c1-4-17-13-6-5-7-15(13)19-10-18-14-8-11(2)12(3)9-16(14)19/h8-10,13,15,17H,4-7H2,1-3H3. The molecular weight excluding hydrogens is 234 g/mol. The lowest BCUT2D eigenvalue weighted by atomic mass is 10.1. The van der Waals surface area contributed by atoms with Crippen LogP contribution in [0.5, 0.6) is 0 Å². The zero-order valence-electron chi connectivity index (χ0n) is 12.1. The maximum atomic E-state index is 4.59. The Morgan fingerprint density at radius 3 is 2.84 bits per heavy atom. The molecule has 1 aromatic carbocycles. The number of hydrogen-bond acceptors (Lipinski definition) is 2. The van der Waals surface area contributed by atoms with Gasteiger partial charge in [0.2, 0.25) is 0 Å². The summed E-state index contributed by atoms with van der Waals surface area (Å²) in [7, 11) is 0. The van der Waals surface area contributed by atoms with Gasteiger partial charge in [0, 0.05) is 6.04 Å². The monoisotopic (exact) mass is 257 g/mol. The van der Waals surface area contributed by atoms with Gasteiger partial charge in [-0.1, -0.05) is 6.92 Å². The van der Waals surface area contributed by atoms with Gasteiger partial charge in [0.25, 0.3) is 0 Å². The van der Waals surface area contributed by atoms with Crippen LogP contribution in [0.25, 0.3) is 11.0 Å². The number of hydrogen-bond donors (Lipinski definition) is 1. The van der Waals surface area contributed by atoms with E-state index >= 15 is 0 Å². The number of nitrogens with one attached hydrogen (secondary N) is 1. The summed E-state index contributed by atoms with van der Waals surface area (Å²) in [6, 6.07) is 5.66. The smallest absolute Gasteiger partial charge is 0.0961 e. The van der Waals surface area contributed by atoms with E-state index in [9.17, 15) is 0 Å². The van der Waals surface area contributed by atoms with Crippen LogP contribution in [0, 0.1) is 13.8 Å². The molecule has 102 valence electrons. The molecule has 1 heterocycles. The number of aromatic nitrogens is 2. The quantitative estimate of drug-likeness (QED) is 0.913. The molecule has 19 heavy (non-hydrogen) atoms. The van der Waals surface area contributed by atoms with Crippen LogP contribution in [-0.2, 0) is 0 Å². The Morgan fingerprint density at radius 2 is 2.05 bits per heavy atom. The molecule has 0 aliphatic heterocycles. The Bertz CT molecular complexity index is 585. The first kappa shape index (κ1) is 12.7. The summed E-state index contributed by atoms with van der Waals surface area (Å²) in [4.78, 5) is 4.59. The summed E-state index contributed by atoms with van der Waals surface area (Å²) in [5, 5.41) is 3.62. The second kappa shape index (κ2) is 4.97. The maximum Gasteiger partial charge on any atom is 0.0961 e. The molecule has 1 saturated carbocycles. The van der Waals surface area contributed by atoms with Crippen molar-refractivity contribution in [2.45, 2.75) is 52.1 Å². The summed E-state index contributed by atoms with van der Waals surface area (Å²) in [5.41, 5.74) is 5.10. The van der Waals surface area contributed by atoms with Gasteiger partial charge in [-0.3, -0.25) is 0 Å². The third kappa shape index (κ3) is 2.16. The first-order valence-electron chi connectivity index (χ1n) is 7.38. The van der Waals surface area contributed by atoms with Crippen molar-refractivity contribution in [1.29, 1.82) is 0 Å². The minimum atomic E-state index is 0.562. The van der Waals surface area contributed by atoms with Crippen LogP contribution >= 0.6 is 0 Å². The molecule has 2 atom stereocenters. The van der Waals surface area contributed by atoms with Gasteiger partial charge in [-0.15, -0.1) is 0 Å². The number of rotatable bonds is 3. The van der Waals surface area contributed by atoms with Gasteiger partial charge in [-0.2, -0.15) is 0 Å². The largest absolute Gasteiger partial charge is 0.326 e. The molecule has 1 fully saturated rings. The topological polar surface area (TPSA) is 29.9 Å². The van der Waals surface area contributed by atoms with Gasteiger partial charge in [-0.05, 0) is 62.9 Å². The maximum absolute atomic E-state index is 4.59. The van der Waals surface area contributed by atoms with E-state index < -0.39 is 0 Å². The number of imidazole rings is 1. The zero-order chi connectivity index (χ0) is 13.4. The molecule has 0 amide bonds. The van der Waals surface area contributed by atoms with Crippen LogP contribution in [-0.4, -0.2) is 22.1 Å². The molecule has 1 aliphatic carbocycles. The fraction of sp³-hybridized carbons (Fsp3) is 0.562. The van der Waals surface area contributed by atoms with Gasteiger partial charge in [-0.25, -0.2) is 4.98 Å². The average molecular weight is 257 g/mol. The molecule has 1 aromatic heterocycles. The lowest BCUT2D eigenvalue weighted by Gasteiger charge is -2.22. The summed E-state index contributed by atoms with van der Waals surface area (Å²) < 4.78 is 2.39. The molecule has 3 nitrogen and oxygen atoms in total. The number of aryl methyl sites for hydroxylation is 2. The summed E-state index contributed by atoms with van der Waals surface area (Å²) >= 11 is 0. The van der Waals surface area contributed by atoms with Crippen LogP contribution in [0.4, 0.5) is 0 Å². The summed E-state index contributed by atoms with van der Waals surface area (Å²) in [6.07, 6.45) is 5.88. The first-order valence-corrected chi connectivity index (χ1v) is 7.38. The van der Waals surface area contributed by atoms with E-state index in [0.29, 0.717) is 12.1 Å². The van der Waals surface area contributed by atoms with Gasteiger partial charge < -0.3 is 9.88 Å². The van der Waals surface area contributed by atoms with E-state index in [-0.39, 0.29) is 0 Å². The molecule has 0 saturated heterocycles. The molecule has 0 spiro atoms. The van der Waals surface area contributed by atoms with E-state index in [0.717, 1.165) is 12.1 Å². The second-order valence-corrected chi connectivity index (χ2v) is 5.74. The minimum absolute atomic E-state index is 0.562. The first-order chi connectivity index (χ1) is 9.20. The van der Waals surface area contributed by atoms with Gasteiger partial charge in [0.05, 0.1) is 23.4 Å².